The Labute approximate surface area is 104 Å². The van der Waals surface area contributed by atoms with Crippen LogP contribution in [0.25, 0.3) is 0 Å². The zero-order valence-corrected chi connectivity index (χ0v) is 10.9. The van der Waals surface area contributed by atoms with Gasteiger partial charge in [-0.3, -0.25) is 0 Å². The highest BCUT2D eigenvalue weighted by Gasteiger charge is 2.12. The van der Waals surface area contributed by atoms with Crippen molar-refractivity contribution in [1.29, 1.82) is 0 Å². The van der Waals surface area contributed by atoms with Gasteiger partial charge in [0.15, 0.2) is 0 Å². The van der Waals surface area contributed by atoms with Gasteiger partial charge in [0.25, 0.3) is 0 Å². The highest BCUT2D eigenvalue weighted by Crippen LogP contribution is 2.14. The van der Waals surface area contributed by atoms with Gasteiger partial charge in [-0.05, 0) is 39.1 Å². The van der Waals surface area contributed by atoms with Crippen LogP contribution in [0.5, 0.6) is 0 Å². The Balaban J connectivity index is 2.84. The molecule has 3 heteroatoms. The molecule has 0 radical (unpaired) electrons. The van der Waals surface area contributed by atoms with Crippen molar-refractivity contribution in [2.75, 3.05) is 11.4 Å². The van der Waals surface area contributed by atoms with Crippen LogP contribution in [0, 0.1) is 0 Å². The first-order valence-corrected chi connectivity index (χ1v) is 5.89. The Morgan fingerprint density at radius 3 is 2.76 bits per heavy atom. The largest absolute Gasteiger partial charge is 0.364 e. The summed E-state index contributed by atoms with van der Waals surface area (Å²) in [7, 11) is 0. The number of hydrogen-bond acceptors (Lipinski definition) is 3. The quantitative estimate of drug-likeness (QED) is 0.816. The van der Waals surface area contributed by atoms with Crippen molar-refractivity contribution in [2.24, 2.45) is 0 Å². The molecule has 0 unspecified atom stereocenters. The monoisotopic (exact) mass is 231 g/mol. The van der Waals surface area contributed by atoms with E-state index in [2.05, 4.69) is 41.7 Å². The number of nitrogens with zero attached hydrogens (tertiary/aromatic N) is 2. The van der Waals surface area contributed by atoms with Gasteiger partial charge < -0.3 is 10.2 Å². The predicted molar refractivity (Wildman–Crippen MR) is 73.8 cm³/mol. The summed E-state index contributed by atoms with van der Waals surface area (Å²) in [6, 6.07) is 6.36. The lowest BCUT2D eigenvalue weighted by Gasteiger charge is -2.28. The van der Waals surface area contributed by atoms with Gasteiger partial charge in [0.2, 0.25) is 0 Å². The summed E-state index contributed by atoms with van der Waals surface area (Å²) in [5.41, 5.74) is 1.12. The molecule has 1 aromatic rings. The molecule has 0 saturated heterocycles. The normalized spacial score (nSPS) is 11.4. The summed E-state index contributed by atoms with van der Waals surface area (Å²) in [5.74, 6) is 0.993. The Bertz CT molecular complexity index is 368. The van der Waals surface area contributed by atoms with E-state index in [1.54, 1.807) is 6.20 Å². The van der Waals surface area contributed by atoms with Crippen molar-refractivity contribution in [1.82, 2.24) is 10.3 Å². The van der Waals surface area contributed by atoms with Crippen molar-refractivity contribution in [2.45, 2.75) is 26.8 Å². The second-order valence-electron chi connectivity index (χ2n) is 4.07. The van der Waals surface area contributed by atoms with Crippen molar-refractivity contribution in [3.63, 3.8) is 0 Å². The number of hydrogen-bond donors (Lipinski definition) is 1. The zero-order valence-electron chi connectivity index (χ0n) is 10.9. The van der Waals surface area contributed by atoms with Crippen molar-refractivity contribution in [3.05, 3.63) is 48.9 Å². The smallest absolute Gasteiger partial charge is 0.129 e. The highest BCUT2D eigenvalue weighted by atomic mass is 15.2. The molecular weight excluding hydrogens is 210 g/mol. The predicted octanol–water partition coefficient (Wildman–Crippen LogP) is 2.93. The minimum atomic E-state index is 0.395. The van der Waals surface area contributed by atoms with Gasteiger partial charge in [0.1, 0.15) is 5.82 Å². The Hall–Kier alpha value is -1.77. The van der Waals surface area contributed by atoms with Gasteiger partial charge >= 0.3 is 0 Å². The zero-order chi connectivity index (χ0) is 12.7. The van der Waals surface area contributed by atoms with Crippen LogP contribution in [0.3, 0.4) is 0 Å². The van der Waals surface area contributed by atoms with Crippen LogP contribution in [0.1, 0.15) is 20.8 Å². The summed E-state index contributed by atoms with van der Waals surface area (Å²) >= 11 is 0. The average molecular weight is 231 g/mol. The third kappa shape index (κ3) is 3.94. The first-order chi connectivity index (χ1) is 8.19. The third-order valence-electron chi connectivity index (χ3n) is 2.54. The Morgan fingerprint density at radius 1 is 1.53 bits per heavy atom. The van der Waals surface area contributed by atoms with Crippen LogP contribution in [-0.2, 0) is 0 Å². The molecule has 3 nitrogen and oxygen atoms in total. The number of allylic oxidation sites excluding steroid dienone is 1. The molecule has 0 spiro atoms. The van der Waals surface area contributed by atoms with Gasteiger partial charge in [0.05, 0.1) is 6.54 Å². The summed E-state index contributed by atoms with van der Waals surface area (Å²) in [5, 5.41) is 3.14. The van der Waals surface area contributed by atoms with E-state index in [0.717, 1.165) is 18.1 Å². The molecule has 0 bridgehead atoms. The summed E-state index contributed by atoms with van der Waals surface area (Å²) < 4.78 is 0. The van der Waals surface area contributed by atoms with Crippen LogP contribution in [0.2, 0.25) is 0 Å². The molecule has 0 atom stereocenters. The fraction of sp³-hybridized carbons (Fsp3) is 0.357. The number of rotatable bonds is 6. The second kappa shape index (κ2) is 6.74. The van der Waals surface area contributed by atoms with Crippen LogP contribution in [0.15, 0.2) is 48.9 Å². The van der Waals surface area contributed by atoms with E-state index in [1.807, 2.05) is 31.3 Å². The second-order valence-corrected chi connectivity index (χ2v) is 4.07. The first-order valence-electron chi connectivity index (χ1n) is 5.89. The maximum atomic E-state index is 4.39. The van der Waals surface area contributed by atoms with Crippen LogP contribution < -0.4 is 10.2 Å². The number of aromatic nitrogens is 1. The summed E-state index contributed by atoms with van der Waals surface area (Å²) in [6.45, 7) is 10.8. The van der Waals surface area contributed by atoms with E-state index in [0.29, 0.717) is 6.04 Å². The lowest BCUT2D eigenvalue weighted by molar-refractivity contribution is 0.689. The van der Waals surface area contributed by atoms with E-state index >= 15 is 0 Å². The van der Waals surface area contributed by atoms with Crippen LogP contribution >= 0.6 is 0 Å². The van der Waals surface area contributed by atoms with Gasteiger partial charge in [-0.1, -0.05) is 18.7 Å². The van der Waals surface area contributed by atoms with Gasteiger partial charge in [-0.15, -0.1) is 0 Å². The third-order valence-corrected chi connectivity index (χ3v) is 2.54. The molecule has 17 heavy (non-hydrogen) atoms. The molecule has 92 valence electrons. The summed E-state index contributed by atoms with van der Waals surface area (Å²) in [6.07, 6.45) is 5.58. The van der Waals surface area contributed by atoms with Gasteiger partial charge in [-0.25, -0.2) is 4.98 Å². The van der Waals surface area contributed by atoms with Gasteiger partial charge in [-0.2, -0.15) is 0 Å². The number of anilines is 1. The average Bonchev–Trinajstić information content (AvgIpc) is 2.35. The maximum absolute atomic E-state index is 4.39. The SMILES string of the molecule is C=CN/C(=C\C)CN(c1ccccn1)C(C)C. The van der Waals surface area contributed by atoms with Crippen molar-refractivity contribution < 1.29 is 0 Å². The van der Waals surface area contributed by atoms with E-state index in [1.165, 1.54) is 0 Å². The van der Waals surface area contributed by atoms with Crippen molar-refractivity contribution >= 4 is 5.82 Å². The molecule has 1 rings (SSSR count). The minimum absolute atomic E-state index is 0.395. The molecule has 0 saturated carbocycles. The molecule has 1 heterocycles. The highest BCUT2D eigenvalue weighted by molar-refractivity contribution is 5.40. The molecule has 0 aliphatic heterocycles. The van der Waals surface area contributed by atoms with E-state index in [9.17, 15) is 0 Å². The molecule has 0 aliphatic rings. The van der Waals surface area contributed by atoms with E-state index < -0.39 is 0 Å². The van der Waals surface area contributed by atoms with Crippen LogP contribution in [-0.4, -0.2) is 17.6 Å². The lowest BCUT2D eigenvalue weighted by Crippen LogP contribution is -2.35. The number of pyridine rings is 1. The minimum Gasteiger partial charge on any atom is -0.364 e. The lowest BCUT2D eigenvalue weighted by atomic mass is 10.2. The Morgan fingerprint density at radius 2 is 2.29 bits per heavy atom. The fourth-order valence-electron chi connectivity index (χ4n) is 1.59. The molecule has 1 aromatic heterocycles. The fourth-order valence-corrected chi connectivity index (χ4v) is 1.59. The molecule has 0 fully saturated rings. The molecule has 0 amide bonds. The van der Waals surface area contributed by atoms with Crippen LogP contribution in [0.4, 0.5) is 5.82 Å². The topological polar surface area (TPSA) is 28.2 Å². The molecule has 1 N–H and O–H groups in total. The first kappa shape index (κ1) is 13.3. The molecular formula is C14H21N3. The van der Waals surface area contributed by atoms with E-state index in [-0.39, 0.29) is 0 Å². The maximum Gasteiger partial charge on any atom is 0.129 e. The standard InChI is InChI=1S/C14H21N3/c1-5-13(15-6-2)11-17(12(3)4)14-9-7-8-10-16-14/h5-10,12,15H,2,11H2,1,3-4H3/b13-5-. The molecule has 0 aliphatic carbocycles. The van der Waals surface area contributed by atoms with Crippen molar-refractivity contribution in [3.8, 4) is 0 Å². The molecule has 0 aromatic carbocycles. The Kier molecular flexibility index (Phi) is 5.27. The van der Waals surface area contributed by atoms with E-state index in [4.69, 9.17) is 0 Å². The van der Waals surface area contributed by atoms with Gasteiger partial charge in [0, 0.05) is 17.9 Å². The summed E-state index contributed by atoms with van der Waals surface area (Å²) in [4.78, 5) is 6.63. The number of nitrogens with one attached hydrogen (secondary N) is 1.